The van der Waals surface area contributed by atoms with Gasteiger partial charge in [-0.15, -0.1) is 0 Å². The van der Waals surface area contributed by atoms with Gasteiger partial charge in [-0.2, -0.15) is 11.8 Å². The van der Waals surface area contributed by atoms with Gasteiger partial charge in [0.1, 0.15) is 0 Å². The molecule has 0 aliphatic heterocycles. The molecule has 0 radical (unpaired) electrons. The zero-order valence-corrected chi connectivity index (χ0v) is 15.1. The lowest BCUT2D eigenvalue weighted by Crippen LogP contribution is -2.38. The molecular weight excluding hydrogens is 290 g/mol. The summed E-state index contributed by atoms with van der Waals surface area (Å²) in [5.74, 6) is 2.68. The zero-order chi connectivity index (χ0) is 16.0. The van der Waals surface area contributed by atoms with Gasteiger partial charge in [-0.05, 0) is 43.8 Å². The van der Waals surface area contributed by atoms with Gasteiger partial charge in [0.2, 0.25) is 0 Å². The molecule has 1 rings (SSSR count). The maximum atomic E-state index is 4.77. The quantitative estimate of drug-likeness (QED) is 0.390. The van der Waals surface area contributed by atoms with E-state index in [1.54, 1.807) is 0 Å². The van der Waals surface area contributed by atoms with Crippen LogP contribution >= 0.6 is 11.8 Å². The molecule has 1 aromatic carbocycles. The van der Waals surface area contributed by atoms with E-state index in [1.807, 2.05) is 11.8 Å². The number of benzene rings is 1. The van der Waals surface area contributed by atoms with Crippen LogP contribution in [0.5, 0.6) is 0 Å². The van der Waals surface area contributed by atoms with Gasteiger partial charge in [-0.25, -0.2) is 0 Å². The molecule has 0 bridgehead atoms. The molecule has 2 N–H and O–H groups in total. The van der Waals surface area contributed by atoms with Crippen LogP contribution in [0.25, 0.3) is 0 Å². The monoisotopic (exact) mass is 321 g/mol. The van der Waals surface area contributed by atoms with Gasteiger partial charge in [0.25, 0.3) is 0 Å². The minimum Gasteiger partial charge on any atom is -0.357 e. The lowest BCUT2D eigenvalue weighted by Gasteiger charge is -2.15. The Kier molecular flexibility index (Phi) is 10.6. The van der Waals surface area contributed by atoms with Gasteiger partial charge in [0, 0.05) is 25.6 Å². The van der Waals surface area contributed by atoms with E-state index >= 15 is 0 Å². The van der Waals surface area contributed by atoms with Crippen molar-refractivity contribution in [3.8, 4) is 0 Å². The number of unbranched alkanes of at least 4 members (excludes halogenated alkanes) is 1. The summed E-state index contributed by atoms with van der Waals surface area (Å²) in [5.41, 5.74) is 1.38. The van der Waals surface area contributed by atoms with Crippen LogP contribution in [0, 0.1) is 0 Å². The van der Waals surface area contributed by atoms with Crippen LogP contribution in [-0.2, 0) is 0 Å². The van der Waals surface area contributed by atoms with E-state index in [4.69, 9.17) is 4.99 Å². The van der Waals surface area contributed by atoms with Crippen LogP contribution in [0.1, 0.15) is 44.6 Å². The molecule has 4 heteroatoms. The third kappa shape index (κ3) is 7.74. The molecule has 0 saturated heterocycles. The summed E-state index contributed by atoms with van der Waals surface area (Å²) in [6.45, 7) is 7.07. The molecule has 0 aromatic heterocycles. The number of nitrogens with one attached hydrogen (secondary N) is 2. The fraction of sp³-hybridized carbons (Fsp3) is 0.611. The van der Waals surface area contributed by atoms with E-state index in [2.05, 4.69) is 61.1 Å². The maximum absolute atomic E-state index is 4.77. The van der Waals surface area contributed by atoms with Gasteiger partial charge in [0.15, 0.2) is 5.96 Å². The summed E-state index contributed by atoms with van der Waals surface area (Å²) in [6, 6.07) is 10.7. The van der Waals surface area contributed by atoms with E-state index in [-0.39, 0.29) is 0 Å². The van der Waals surface area contributed by atoms with E-state index in [1.165, 1.54) is 24.2 Å². The average Bonchev–Trinajstić information content (AvgIpc) is 2.56. The Morgan fingerprint density at radius 3 is 2.55 bits per heavy atom. The minimum atomic E-state index is 0.494. The van der Waals surface area contributed by atoms with Gasteiger partial charge >= 0.3 is 0 Å². The number of aliphatic imine (C=N–C) groups is 1. The average molecular weight is 322 g/mol. The highest BCUT2D eigenvalue weighted by molar-refractivity contribution is 7.98. The fourth-order valence-corrected chi connectivity index (χ4v) is 2.81. The van der Waals surface area contributed by atoms with Gasteiger partial charge < -0.3 is 10.6 Å². The number of thioether (sulfide) groups is 1. The van der Waals surface area contributed by atoms with Crippen LogP contribution < -0.4 is 10.6 Å². The molecule has 0 amide bonds. The molecule has 1 aromatic rings. The molecule has 0 saturated carbocycles. The lowest BCUT2D eigenvalue weighted by molar-refractivity contribution is 0.664. The Hall–Kier alpha value is -1.16. The van der Waals surface area contributed by atoms with Gasteiger partial charge in [-0.3, -0.25) is 4.99 Å². The Bertz CT molecular complexity index is 406. The third-order valence-corrected chi connectivity index (χ3v) is 4.34. The van der Waals surface area contributed by atoms with Crippen molar-refractivity contribution in [1.82, 2.24) is 10.6 Å². The largest absolute Gasteiger partial charge is 0.357 e. The summed E-state index contributed by atoms with van der Waals surface area (Å²) < 4.78 is 0. The highest BCUT2D eigenvalue weighted by Crippen LogP contribution is 2.19. The first-order valence-corrected chi connectivity index (χ1v) is 9.77. The summed E-state index contributed by atoms with van der Waals surface area (Å²) in [6.07, 6.45) is 5.73. The van der Waals surface area contributed by atoms with Crippen molar-refractivity contribution >= 4 is 17.7 Å². The van der Waals surface area contributed by atoms with E-state index < -0.39 is 0 Å². The molecule has 1 unspecified atom stereocenters. The highest BCUT2D eigenvalue weighted by Gasteiger charge is 2.08. The topological polar surface area (TPSA) is 36.4 Å². The normalized spacial score (nSPS) is 13.0. The third-order valence-electron chi connectivity index (χ3n) is 3.65. The highest BCUT2D eigenvalue weighted by atomic mass is 32.2. The molecule has 0 heterocycles. The summed E-state index contributed by atoms with van der Waals surface area (Å²) in [5, 5.41) is 6.78. The number of hydrogen-bond acceptors (Lipinski definition) is 2. The van der Waals surface area contributed by atoms with Crippen molar-refractivity contribution < 1.29 is 0 Å². The van der Waals surface area contributed by atoms with Crippen molar-refractivity contribution in [1.29, 1.82) is 0 Å². The number of guanidine groups is 1. The van der Waals surface area contributed by atoms with Gasteiger partial charge in [-0.1, -0.05) is 37.3 Å². The van der Waals surface area contributed by atoms with Crippen molar-refractivity contribution in [2.45, 2.75) is 39.0 Å². The smallest absolute Gasteiger partial charge is 0.191 e. The molecule has 0 fully saturated rings. The number of hydrogen-bond donors (Lipinski definition) is 2. The van der Waals surface area contributed by atoms with Crippen LogP contribution in [-0.4, -0.2) is 37.6 Å². The Morgan fingerprint density at radius 1 is 1.14 bits per heavy atom. The second-order valence-electron chi connectivity index (χ2n) is 5.36. The summed E-state index contributed by atoms with van der Waals surface area (Å²) in [7, 11) is 0. The second-order valence-corrected chi connectivity index (χ2v) is 6.35. The number of rotatable bonds is 10. The van der Waals surface area contributed by atoms with E-state index in [9.17, 15) is 0 Å². The first-order chi connectivity index (χ1) is 10.8. The van der Waals surface area contributed by atoms with Crippen molar-refractivity contribution in [3.63, 3.8) is 0 Å². The van der Waals surface area contributed by atoms with E-state index in [0.29, 0.717) is 5.92 Å². The van der Waals surface area contributed by atoms with Crippen LogP contribution in [0.4, 0.5) is 0 Å². The maximum Gasteiger partial charge on any atom is 0.191 e. The first-order valence-electron chi connectivity index (χ1n) is 8.37. The molecule has 22 heavy (non-hydrogen) atoms. The SMILES string of the molecule is CCNC(=NCC(CC)c1ccccc1)NCCCCSC. The van der Waals surface area contributed by atoms with E-state index in [0.717, 1.165) is 32.0 Å². The molecule has 1 atom stereocenters. The van der Waals surface area contributed by atoms with Crippen LogP contribution in [0.15, 0.2) is 35.3 Å². The second kappa shape index (κ2) is 12.4. The Labute approximate surface area is 140 Å². The zero-order valence-electron chi connectivity index (χ0n) is 14.3. The first kappa shape index (κ1) is 18.9. The molecule has 0 spiro atoms. The molecule has 3 nitrogen and oxygen atoms in total. The molecule has 0 aliphatic rings. The summed E-state index contributed by atoms with van der Waals surface area (Å²) >= 11 is 1.91. The predicted octanol–water partition coefficient (Wildman–Crippen LogP) is 3.88. The molecule has 0 aliphatic carbocycles. The molecule has 124 valence electrons. The molecular formula is C18H31N3S. The Balaban J connectivity index is 2.49. The van der Waals surface area contributed by atoms with Crippen molar-refractivity contribution in [2.24, 2.45) is 4.99 Å². The standard InChI is InChI=1S/C18H31N3S/c1-4-16(17-11-7-6-8-12-17)15-21-18(19-5-2)20-13-9-10-14-22-3/h6-8,11-12,16H,4-5,9-10,13-15H2,1-3H3,(H2,19,20,21). The van der Waals surface area contributed by atoms with Crippen molar-refractivity contribution in [3.05, 3.63) is 35.9 Å². The summed E-state index contributed by atoms with van der Waals surface area (Å²) in [4.78, 5) is 4.77. The lowest BCUT2D eigenvalue weighted by atomic mass is 9.97. The number of nitrogens with zero attached hydrogens (tertiary/aromatic N) is 1. The van der Waals surface area contributed by atoms with Crippen molar-refractivity contribution in [2.75, 3.05) is 31.6 Å². The Morgan fingerprint density at radius 2 is 1.91 bits per heavy atom. The van der Waals surface area contributed by atoms with Crippen LogP contribution in [0.2, 0.25) is 0 Å². The fourth-order valence-electron chi connectivity index (χ4n) is 2.32. The van der Waals surface area contributed by atoms with Gasteiger partial charge in [0.05, 0.1) is 0 Å². The van der Waals surface area contributed by atoms with Crippen LogP contribution in [0.3, 0.4) is 0 Å². The predicted molar refractivity (Wildman–Crippen MR) is 101 cm³/mol. The minimum absolute atomic E-state index is 0.494.